The van der Waals surface area contributed by atoms with E-state index in [-0.39, 0.29) is 17.0 Å². The molecule has 2 heterocycles. The number of aromatic nitrogens is 1. The van der Waals surface area contributed by atoms with Gasteiger partial charge in [0.1, 0.15) is 0 Å². The third kappa shape index (κ3) is 4.81. The van der Waals surface area contributed by atoms with Gasteiger partial charge in [0.05, 0.1) is 17.7 Å². The van der Waals surface area contributed by atoms with Crippen molar-refractivity contribution < 1.29 is 14.5 Å². The van der Waals surface area contributed by atoms with Gasteiger partial charge in [-0.25, -0.2) is 4.98 Å². The molecule has 1 aliphatic heterocycles. The molecule has 0 radical (unpaired) electrons. The smallest absolute Gasteiger partial charge is 0.311 e. The quantitative estimate of drug-likeness (QED) is 0.598. The number of amides is 1. The number of benzene rings is 1. The first-order valence-electron chi connectivity index (χ1n) is 8.77. The molecule has 1 aromatic heterocycles. The third-order valence-corrected chi connectivity index (χ3v) is 5.34. The molecule has 1 unspecified atom stereocenters. The van der Waals surface area contributed by atoms with Crippen LogP contribution in [0.1, 0.15) is 35.8 Å². The monoisotopic (exact) mass is 390 g/mol. The number of hydrogen-bond acceptors (Lipinski definition) is 7. The summed E-state index contributed by atoms with van der Waals surface area (Å²) in [5, 5.41) is 16.2. The topological polar surface area (TPSA) is 97.6 Å². The lowest BCUT2D eigenvalue weighted by Crippen LogP contribution is -2.33. The number of anilines is 1. The standard InChI is InChI=1S/C18H22N4O4S/c1-12-4-3-7-21(9-12)10-14-11-27-18(19-14)20-17(23)13-5-6-16(26-2)15(8-13)22(24)25/h5-6,8,11-12H,3-4,7,9-10H2,1-2H3,(H,19,20,23). The Labute approximate surface area is 161 Å². The maximum absolute atomic E-state index is 12.4. The lowest BCUT2D eigenvalue weighted by atomic mass is 10.0. The molecule has 27 heavy (non-hydrogen) atoms. The lowest BCUT2D eigenvalue weighted by molar-refractivity contribution is -0.385. The molecular formula is C18H22N4O4S. The summed E-state index contributed by atoms with van der Waals surface area (Å²) < 4.78 is 4.95. The van der Waals surface area contributed by atoms with Gasteiger partial charge >= 0.3 is 5.69 Å². The number of likely N-dealkylation sites (tertiary alicyclic amines) is 1. The summed E-state index contributed by atoms with van der Waals surface area (Å²) in [5.74, 6) is 0.375. The fourth-order valence-electron chi connectivity index (χ4n) is 3.24. The maximum atomic E-state index is 12.4. The highest BCUT2D eigenvalue weighted by Gasteiger charge is 2.20. The van der Waals surface area contributed by atoms with Crippen molar-refractivity contribution >= 4 is 28.1 Å². The average molecular weight is 390 g/mol. The Morgan fingerprint density at radius 3 is 3.04 bits per heavy atom. The molecule has 1 saturated heterocycles. The first-order chi connectivity index (χ1) is 13.0. The highest BCUT2D eigenvalue weighted by Crippen LogP contribution is 2.28. The van der Waals surface area contributed by atoms with Gasteiger partial charge in [-0.1, -0.05) is 6.92 Å². The van der Waals surface area contributed by atoms with Crippen LogP contribution in [-0.2, 0) is 6.54 Å². The summed E-state index contributed by atoms with van der Waals surface area (Å²) in [5.41, 5.74) is 0.860. The van der Waals surface area contributed by atoms with Gasteiger partial charge in [-0.05, 0) is 37.4 Å². The summed E-state index contributed by atoms with van der Waals surface area (Å²) in [6.07, 6.45) is 2.47. The number of nitro benzene ring substituents is 1. The van der Waals surface area contributed by atoms with Crippen LogP contribution >= 0.6 is 11.3 Å². The highest BCUT2D eigenvalue weighted by atomic mass is 32.1. The summed E-state index contributed by atoms with van der Waals surface area (Å²) in [6, 6.07) is 4.11. The molecule has 0 aliphatic carbocycles. The van der Waals surface area contributed by atoms with Gasteiger partial charge in [-0.2, -0.15) is 0 Å². The van der Waals surface area contributed by atoms with E-state index >= 15 is 0 Å². The summed E-state index contributed by atoms with van der Waals surface area (Å²) in [4.78, 5) is 29.8. The fourth-order valence-corrected chi connectivity index (χ4v) is 3.94. The summed E-state index contributed by atoms with van der Waals surface area (Å²) >= 11 is 1.35. The van der Waals surface area contributed by atoms with E-state index in [0.29, 0.717) is 11.0 Å². The number of ether oxygens (including phenoxy) is 1. The SMILES string of the molecule is COc1ccc(C(=O)Nc2nc(CN3CCCC(C)C3)cs2)cc1[N+](=O)[O-]. The molecule has 1 fully saturated rings. The van der Waals surface area contributed by atoms with Crippen molar-refractivity contribution in [2.24, 2.45) is 5.92 Å². The van der Waals surface area contributed by atoms with Gasteiger partial charge in [0.2, 0.25) is 0 Å². The fraction of sp³-hybridized carbons (Fsp3) is 0.444. The molecule has 1 aromatic carbocycles. The van der Waals surface area contributed by atoms with E-state index in [1.54, 1.807) is 0 Å². The lowest BCUT2D eigenvalue weighted by Gasteiger charge is -2.30. The molecule has 9 heteroatoms. The predicted octanol–water partition coefficient (Wildman–Crippen LogP) is 3.54. The first-order valence-corrected chi connectivity index (χ1v) is 9.64. The summed E-state index contributed by atoms with van der Waals surface area (Å²) in [6.45, 7) is 5.16. The molecule has 1 N–H and O–H groups in total. The van der Waals surface area contributed by atoms with Crippen molar-refractivity contribution in [3.63, 3.8) is 0 Å². The molecule has 0 spiro atoms. The molecule has 1 atom stereocenters. The number of thiazole rings is 1. The number of carbonyl (C=O) groups is 1. The molecule has 2 aromatic rings. The van der Waals surface area contributed by atoms with Gasteiger partial charge in [0, 0.05) is 30.1 Å². The van der Waals surface area contributed by atoms with Crippen molar-refractivity contribution in [1.29, 1.82) is 0 Å². The molecule has 8 nitrogen and oxygen atoms in total. The number of methoxy groups -OCH3 is 1. The van der Waals surface area contributed by atoms with Gasteiger partial charge in [-0.3, -0.25) is 25.1 Å². The second kappa shape index (κ2) is 8.45. The first kappa shape index (κ1) is 19.2. The largest absolute Gasteiger partial charge is 0.490 e. The van der Waals surface area contributed by atoms with E-state index in [1.165, 1.54) is 49.5 Å². The molecule has 3 rings (SSSR count). The van der Waals surface area contributed by atoms with Gasteiger partial charge < -0.3 is 4.74 Å². The van der Waals surface area contributed by atoms with E-state index in [0.717, 1.165) is 25.3 Å². The van der Waals surface area contributed by atoms with Crippen molar-refractivity contribution in [3.05, 3.63) is 45.0 Å². The minimum Gasteiger partial charge on any atom is -0.490 e. The van der Waals surface area contributed by atoms with Crippen molar-refractivity contribution in [2.45, 2.75) is 26.3 Å². The Morgan fingerprint density at radius 1 is 1.52 bits per heavy atom. The van der Waals surface area contributed by atoms with Crippen molar-refractivity contribution in [1.82, 2.24) is 9.88 Å². The van der Waals surface area contributed by atoms with E-state index in [4.69, 9.17) is 4.74 Å². The van der Waals surface area contributed by atoms with E-state index in [1.807, 2.05) is 5.38 Å². The van der Waals surface area contributed by atoms with Crippen LogP contribution in [0.25, 0.3) is 0 Å². The van der Waals surface area contributed by atoms with Crippen LogP contribution in [0.2, 0.25) is 0 Å². The minimum atomic E-state index is -0.573. The van der Waals surface area contributed by atoms with Crippen LogP contribution in [0.15, 0.2) is 23.6 Å². The minimum absolute atomic E-state index is 0.115. The van der Waals surface area contributed by atoms with Crippen LogP contribution in [0.5, 0.6) is 5.75 Å². The number of rotatable bonds is 6. The molecule has 1 aliphatic rings. The Balaban J connectivity index is 1.65. The number of carbonyl (C=O) groups excluding carboxylic acids is 1. The van der Waals surface area contributed by atoms with Crippen molar-refractivity contribution in [3.8, 4) is 5.75 Å². The van der Waals surface area contributed by atoms with Gasteiger partial charge in [0.15, 0.2) is 10.9 Å². The summed E-state index contributed by atoms with van der Waals surface area (Å²) in [7, 11) is 1.35. The van der Waals surface area contributed by atoms with Crippen LogP contribution in [0.3, 0.4) is 0 Å². The third-order valence-electron chi connectivity index (χ3n) is 4.54. The Bertz CT molecular complexity index is 839. The molecule has 0 bridgehead atoms. The normalized spacial score (nSPS) is 17.5. The number of hydrogen-bond donors (Lipinski definition) is 1. The molecular weight excluding hydrogens is 368 g/mol. The van der Waals surface area contributed by atoms with Crippen LogP contribution in [-0.4, -0.2) is 40.9 Å². The van der Waals surface area contributed by atoms with Crippen LogP contribution in [0, 0.1) is 16.0 Å². The Hall–Kier alpha value is -2.52. The predicted molar refractivity (Wildman–Crippen MR) is 103 cm³/mol. The highest BCUT2D eigenvalue weighted by molar-refractivity contribution is 7.13. The van der Waals surface area contributed by atoms with Crippen molar-refractivity contribution in [2.75, 3.05) is 25.5 Å². The van der Waals surface area contributed by atoms with Gasteiger partial charge in [0.25, 0.3) is 5.91 Å². The van der Waals surface area contributed by atoms with E-state index in [2.05, 4.69) is 22.1 Å². The second-order valence-corrected chi connectivity index (χ2v) is 7.58. The number of nitrogens with zero attached hydrogens (tertiary/aromatic N) is 3. The van der Waals surface area contributed by atoms with Crippen LogP contribution in [0.4, 0.5) is 10.8 Å². The molecule has 0 saturated carbocycles. The Kier molecular flexibility index (Phi) is 6.02. The maximum Gasteiger partial charge on any atom is 0.311 e. The molecule has 144 valence electrons. The van der Waals surface area contributed by atoms with Gasteiger partial charge in [-0.15, -0.1) is 11.3 Å². The second-order valence-electron chi connectivity index (χ2n) is 6.72. The zero-order valence-corrected chi connectivity index (χ0v) is 16.1. The van der Waals surface area contributed by atoms with E-state index in [9.17, 15) is 14.9 Å². The average Bonchev–Trinajstić information content (AvgIpc) is 3.07. The zero-order chi connectivity index (χ0) is 19.4. The number of piperidine rings is 1. The Morgan fingerprint density at radius 2 is 2.33 bits per heavy atom. The molecule has 1 amide bonds. The van der Waals surface area contributed by atoms with E-state index < -0.39 is 10.8 Å². The zero-order valence-electron chi connectivity index (χ0n) is 15.3. The van der Waals surface area contributed by atoms with Crippen LogP contribution < -0.4 is 10.1 Å². The number of nitro groups is 1. The number of nitrogens with one attached hydrogen (secondary N) is 1.